The van der Waals surface area contributed by atoms with Gasteiger partial charge in [-0.3, -0.25) is 0 Å². The minimum atomic E-state index is -0.123. The molecule has 0 unspecified atom stereocenters. The van der Waals surface area contributed by atoms with Crippen molar-refractivity contribution in [1.29, 1.82) is 0 Å². The van der Waals surface area contributed by atoms with E-state index in [4.69, 9.17) is 21.4 Å². The minimum absolute atomic E-state index is 0.0362. The van der Waals surface area contributed by atoms with Crippen LogP contribution in [0, 0.1) is 0 Å². The van der Waals surface area contributed by atoms with Crippen LogP contribution >= 0.6 is 27.5 Å². The Kier molecular flexibility index (Phi) is 2.95. The van der Waals surface area contributed by atoms with E-state index in [2.05, 4.69) is 20.9 Å². The molecular weight excluding hydrogens is 269 g/mol. The zero-order valence-corrected chi connectivity index (χ0v) is 9.68. The molecular formula is C9H9BrClNO2. The van der Waals surface area contributed by atoms with Crippen LogP contribution in [0.5, 0.6) is 5.75 Å². The summed E-state index contributed by atoms with van der Waals surface area (Å²) in [6.07, 6.45) is 1.45. The Morgan fingerprint density at radius 2 is 2.50 bits per heavy atom. The number of rotatable bonds is 1. The first-order valence-electron chi connectivity index (χ1n) is 4.33. The van der Waals surface area contributed by atoms with Crippen molar-refractivity contribution < 1.29 is 9.84 Å². The van der Waals surface area contributed by atoms with Crippen molar-refractivity contribution in [2.24, 2.45) is 0 Å². The van der Waals surface area contributed by atoms with Gasteiger partial charge in [0, 0.05) is 0 Å². The van der Waals surface area contributed by atoms with Crippen LogP contribution in [-0.2, 0) is 6.42 Å². The summed E-state index contributed by atoms with van der Waals surface area (Å²) >= 11 is 9.16. The number of aryl methyl sites for hydroxylation is 1. The van der Waals surface area contributed by atoms with E-state index < -0.39 is 0 Å². The van der Waals surface area contributed by atoms with Crippen molar-refractivity contribution in [2.45, 2.75) is 18.9 Å². The van der Waals surface area contributed by atoms with Crippen LogP contribution in [0.1, 0.15) is 12.1 Å². The fourth-order valence-corrected chi connectivity index (χ4v) is 2.35. The smallest absolute Gasteiger partial charge is 0.155 e. The van der Waals surface area contributed by atoms with Crippen molar-refractivity contribution in [3.05, 3.63) is 21.4 Å². The number of aromatic nitrogens is 1. The van der Waals surface area contributed by atoms with E-state index in [1.54, 1.807) is 6.07 Å². The van der Waals surface area contributed by atoms with Crippen LogP contribution in [0.15, 0.2) is 10.5 Å². The maximum Gasteiger partial charge on any atom is 0.155 e. The number of pyridine rings is 1. The molecule has 0 aliphatic carbocycles. The third-order valence-corrected chi connectivity index (χ3v) is 2.94. The molecule has 5 heteroatoms. The van der Waals surface area contributed by atoms with Gasteiger partial charge >= 0.3 is 0 Å². The largest absolute Gasteiger partial charge is 0.485 e. The Labute approximate surface area is 95.2 Å². The van der Waals surface area contributed by atoms with Crippen molar-refractivity contribution in [3.8, 4) is 5.75 Å². The Balaban J connectivity index is 2.37. The Morgan fingerprint density at radius 1 is 1.71 bits per heavy atom. The molecule has 1 aromatic heterocycles. The molecule has 0 bridgehead atoms. The molecule has 1 aliphatic rings. The van der Waals surface area contributed by atoms with Gasteiger partial charge in [-0.15, -0.1) is 0 Å². The van der Waals surface area contributed by atoms with E-state index >= 15 is 0 Å². The van der Waals surface area contributed by atoms with Crippen molar-refractivity contribution in [2.75, 3.05) is 6.61 Å². The van der Waals surface area contributed by atoms with Gasteiger partial charge in [-0.2, -0.15) is 0 Å². The number of hydrogen-bond donors (Lipinski definition) is 1. The highest BCUT2D eigenvalue weighted by Gasteiger charge is 2.22. The maximum absolute atomic E-state index is 8.98. The van der Waals surface area contributed by atoms with E-state index in [9.17, 15) is 0 Å². The zero-order valence-electron chi connectivity index (χ0n) is 7.33. The summed E-state index contributed by atoms with van der Waals surface area (Å²) in [4.78, 5) is 4.17. The molecule has 1 N–H and O–H groups in total. The van der Waals surface area contributed by atoms with Gasteiger partial charge < -0.3 is 9.84 Å². The summed E-state index contributed by atoms with van der Waals surface area (Å²) in [7, 11) is 0. The number of nitrogens with zero attached hydrogens (tertiary/aromatic N) is 1. The standard InChI is InChI=1S/C9H9BrClNO2/c10-6-3-8(11)12-7-2-1-5(4-13)14-9(6)7/h3,5,13H,1-2,4H2/t5-/m0/s1. The molecule has 14 heavy (non-hydrogen) atoms. The van der Waals surface area contributed by atoms with E-state index in [0.29, 0.717) is 10.9 Å². The molecule has 0 amide bonds. The van der Waals surface area contributed by atoms with Gasteiger partial charge in [0.15, 0.2) is 5.75 Å². The van der Waals surface area contributed by atoms with Crippen LogP contribution in [0.25, 0.3) is 0 Å². The molecule has 1 aliphatic heterocycles. The highest BCUT2D eigenvalue weighted by Crippen LogP contribution is 2.35. The second-order valence-corrected chi connectivity index (χ2v) is 4.41. The molecule has 3 nitrogen and oxygen atoms in total. The fourth-order valence-electron chi connectivity index (χ4n) is 1.47. The van der Waals surface area contributed by atoms with Crippen molar-refractivity contribution >= 4 is 27.5 Å². The summed E-state index contributed by atoms with van der Waals surface area (Å²) < 4.78 is 6.35. The number of aliphatic hydroxyl groups is 1. The topological polar surface area (TPSA) is 42.4 Å². The molecule has 0 saturated heterocycles. The number of ether oxygens (including phenoxy) is 1. The summed E-state index contributed by atoms with van der Waals surface area (Å²) in [5.74, 6) is 0.708. The lowest BCUT2D eigenvalue weighted by atomic mass is 10.1. The number of aliphatic hydroxyl groups excluding tert-OH is 1. The second kappa shape index (κ2) is 4.04. The predicted octanol–water partition coefficient (Wildman–Crippen LogP) is 2.18. The SMILES string of the molecule is OC[C@@H]1CCc2nc(Cl)cc(Br)c2O1. The third kappa shape index (κ3) is 1.87. The normalized spacial score (nSPS) is 20.1. The monoisotopic (exact) mass is 277 g/mol. The van der Waals surface area contributed by atoms with E-state index in [1.807, 2.05) is 0 Å². The first-order valence-corrected chi connectivity index (χ1v) is 5.50. The molecule has 0 spiro atoms. The summed E-state index contributed by atoms with van der Waals surface area (Å²) in [6.45, 7) is 0.0362. The minimum Gasteiger partial charge on any atom is -0.485 e. The summed E-state index contributed by atoms with van der Waals surface area (Å²) in [5.41, 5.74) is 0.856. The second-order valence-electron chi connectivity index (χ2n) is 3.16. The highest BCUT2D eigenvalue weighted by atomic mass is 79.9. The van der Waals surface area contributed by atoms with Crippen LogP contribution < -0.4 is 4.74 Å². The molecule has 0 fully saturated rings. The van der Waals surface area contributed by atoms with Crippen molar-refractivity contribution in [1.82, 2.24) is 4.98 Å². The maximum atomic E-state index is 8.98. The van der Waals surface area contributed by atoms with Gasteiger partial charge in [-0.1, -0.05) is 11.6 Å². The summed E-state index contributed by atoms with van der Waals surface area (Å²) in [5, 5.41) is 9.44. The molecule has 0 saturated carbocycles. The van der Waals surface area contributed by atoms with Gasteiger partial charge in [0.1, 0.15) is 11.3 Å². The quantitative estimate of drug-likeness (QED) is 0.801. The molecule has 2 heterocycles. The lowest BCUT2D eigenvalue weighted by Gasteiger charge is -2.24. The zero-order chi connectivity index (χ0) is 10.1. The Bertz CT molecular complexity index is 359. The molecule has 0 aromatic carbocycles. The van der Waals surface area contributed by atoms with E-state index in [0.717, 1.165) is 23.0 Å². The Hall–Kier alpha value is -0.320. The Morgan fingerprint density at radius 3 is 3.21 bits per heavy atom. The van der Waals surface area contributed by atoms with Gasteiger partial charge in [0.25, 0.3) is 0 Å². The average Bonchev–Trinajstić information content (AvgIpc) is 2.17. The lowest BCUT2D eigenvalue weighted by Crippen LogP contribution is -2.26. The van der Waals surface area contributed by atoms with Gasteiger partial charge in [0.2, 0.25) is 0 Å². The number of fused-ring (bicyclic) bond motifs is 1. The van der Waals surface area contributed by atoms with Crippen LogP contribution in [-0.4, -0.2) is 22.8 Å². The highest BCUT2D eigenvalue weighted by molar-refractivity contribution is 9.10. The van der Waals surface area contributed by atoms with Crippen LogP contribution in [0.2, 0.25) is 5.15 Å². The molecule has 1 atom stereocenters. The number of halogens is 2. The molecule has 1 aromatic rings. The van der Waals surface area contributed by atoms with Gasteiger partial charge in [-0.25, -0.2) is 4.98 Å². The average molecular weight is 279 g/mol. The molecule has 0 radical (unpaired) electrons. The first-order chi connectivity index (χ1) is 6.70. The van der Waals surface area contributed by atoms with E-state index in [1.165, 1.54) is 0 Å². The third-order valence-electron chi connectivity index (χ3n) is 2.16. The summed E-state index contributed by atoms with van der Waals surface area (Å²) in [6, 6.07) is 1.69. The van der Waals surface area contributed by atoms with Gasteiger partial charge in [-0.05, 0) is 34.8 Å². The molecule has 76 valence electrons. The fraction of sp³-hybridized carbons (Fsp3) is 0.444. The lowest BCUT2D eigenvalue weighted by molar-refractivity contribution is 0.0958. The predicted molar refractivity (Wildman–Crippen MR) is 56.8 cm³/mol. The van der Waals surface area contributed by atoms with E-state index in [-0.39, 0.29) is 12.7 Å². The van der Waals surface area contributed by atoms with Crippen molar-refractivity contribution in [3.63, 3.8) is 0 Å². The molecule has 2 rings (SSSR count). The number of hydrogen-bond acceptors (Lipinski definition) is 3. The first kappa shape index (κ1) is 10.2. The van der Waals surface area contributed by atoms with Crippen LogP contribution in [0.4, 0.5) is 0 Å². The van der Waals surface area contributed by atoms with Crippen LogP contribution in [0.3, 0.4) is 0 Å². The van der Waals surface area contributed by atoms with Gasteiger partial charge in [0.05, 0.1) is 16.8 Å².